The number of aromatic nitrogens is 3. The number of pyridine rings is 1. The number of benzene rings is 1. The van der Waals surface area contributed by atoms with Gasteiger partial charge in [0.2, 0.25) is 0 Å². The molecule has 2 aliphatic heterocycles. The number of nitrogens with zero attached hydrogens (tertiary/aromatic N) is 5. The molecule has 144 valence electrons. The lowest BCUT2D eigenvalue weighted by Gasteiger charge is -2.27. The first-order valence-electron chi connectivity index (χ1n) is 9.87. The van der Waals surface area contributed by atoms with Crippen LogP contribution in [0.2, 0.25) is 0 Å². The lowest BCUT2D eigenvalue weighted by Crippen LogP contribution is -2.35. The van der Waals surface area contributed by atoms with Crippen LogP contribution in [0.3, 0.4) is 0 Å². The summed E-state index contributed by atoms with van der Waals surface area (Å²) < 4.78 is 2.89. The number of fused-ring (bicyclic) bond motifs is 2. The average Bonchev–Trinajstić information content (AvgIpc) is 3.28. The van der Waals surface area contributed by atoms with E-state index in [9.17, 15) is 9.59 Å². The molecule has 1 aromatic carbocycles. The minimum absolute atomic E-state index is 0.148. The molecule has 0 spiro atoms. The first-order chi connectivity index (χ1) is 13.6. The van der Waals surface area contributed by atoms with E-state index in [1.807, 2.05) is 29.2 Å². The van der Waals surface area contributed by atoms with Gasteiger partial charge in [0, 0.05) is 55.9 Å². The number of piperidine rings is 1. The van der Waals surface area contributed by atoms with Crippen molar-refractivity contribution in [3.63, 3.8) is 0 Å². The van der Waals surface area contributed by atoms with Crippen molar-refractivity contribution in [2.75, 3.05) is 24.5 Å². The molecule has 0 saturated carbocycles. The van der Waals surface area contributed by atoms with Gasteiger partial charge < -0.3 is 9.80 Å². The molecule has 1 fully saturated rings. The van der Waals surface area contributed by atoms with E-state index < -0.39 is 0 Å². The Morgan fingerprint density at radius 1 is 1.04 bits per heavy atom. The van der Waals surface area contributed by atoms with Crippen LogP contribution in [0, 0.1) is 0 Å². The monoisotopic (exact) mass is 377 g/mol. The van der Waals surface area contributed by atoms with E-state index in [4.69, 9.17) is 0 Å². The third-order valence-corrected chi connectivity index (χ3v) is 5.83. The smallest absolute Gasteiger partial charge is 0.341 e. The minimum Gasteiger partial charge on any atom is -0.341 e. The quantitative estimate of drug-likeness (QED) is 0.688. The Labute approximate surface area is 162 Å². The molecule has 0 N–H and O–H groups in total. The zero-order valence-electron chi connectivity index (χ0n) is 16.0. The molecular weight excluding hydrogens is 354 g/mol. The molecule has 7 nitrogen and oxygen atoms in total. The number of rotatable bonds is 2. The summed E-state index contributed by atoms with van der Waals surface area (Å²) in [5, 5.41) is 4.28. The second-order valence-electron chi connectivity index (χ2n) is 7.62. The summed E-state index contributed by atoms with van der Waals surface area (Å²) in [5.74, 6) is 0.148. The molecular formula is C21H23N5O2. The summed E-state index contributed by atoms with van der Waals surface area (Å²) in [5.41, 5.74) is 4.60. The molecule has 0 aliphatic carbocycles. The fourth-order valence-electron chi connectivity index (χ4n) is 4.32. The third-order valence-electron chi connectivity index (χ3n) is 5.83. The van der Waals surface area contributed by atoms with Gasteiger partial charge in [0.15, 0.2) is 5.65 Å². The van der Waals surface area contributed by atoms with Gasteiger partial charge in [-0.05, 0) is 55.5 Å². The first-order valence-corrected chi connectivity index (χ1v) is 9.87. The topological polar surface area (TPSA) is 62.9 Å². The van der Waals surface area contributed by atoms with Gasteiger partial charge in [-0.2, -0.15) is 5.10 Å². The van der Waals surface area contributed by atoms with Crippen molar-refractivity contribution in [1.29, 1.82) is 0 Å². The van der Waals surface area contributed by atoms with E-state index in [1.54, 1.807) is 17.6 Å². The molecule has 4 heterocycles. The van der Waals surface area contributed by atoms with E-state index in [2.05, 4.69) is 16.1 Å². The molecule has 0 atom stereocenters. The molecule has 3 aromatic rings. The van der Waals surface area contributed by atoms with Crippen molar-refractivity contribution in [2.45, 2.75) is 25.7 Å². The van der Waals surface area contributed by atoms with Gasteiger partial charge in [-0.1, -0.05) is 0 Å². The van der Waals surface area contributed by atoms with Gasteiger partial charge >= 0.3 is 5.69 Å². The van der Waals surface area contributed by atoms with Gasteiger partial charge in [-0.15, -0.1) is 0 Å². The lowest BCUT2D eigenvalue weighted by atomic mass is 10.1. The molecule has 28 heavy (non-hydrogen) atoms. The Morgan fingerprint density at radius 3 is 2.68 bits per heavy atom. The average molecular weight is 377 g/mol. The lowest BCUT2D eigenvalue weighted by molar-refractivity contribution is 0.0724. The van der Waals surface area contributed by atoms with Gasteiger partial charge in [0.25, 0.3) is 5.91 Å². The van der Waals surface area contributed by atoms with E-state index in [-0.39, 0.29) is 11.6 Å². The maximum atomic E-state index is 12.8. The predicted octanol–water partition coefficient (Wildman–Crippen LogP) is 2.35. The van der Waals surface area contributed by atoms with E-state index in [1.165, 1.54) is 16.7 Å². The highest BCUT2D eigenvalue weighted by Gasteiger charge is 2.24. The van der Waals surface area contributed by atoms with Gasteiger partial charge in [0.05, 0.1) is 0 Å². The number of anilines is 2. The molecule has 1 amide bonds. The van der Waals surface area contributed by atoms with Crippen LogP contribution in [-0.4, -0.2) is 44.6 Å². The van der Waals surface area contributed by atoms with Crippen LogP contribution in [0.1, 0.15) is 35.2 Å². The summed E-state index contributed by atoms with van der Waals surface area (Å²) in [7, 11) is 1.65. The normalized spacial score (nSPS) is 16.6. The predicted molar refractivity (Wildman–Crippen MR) is 107 cm³/mol. The van der Waals surface area contributed by atoms with Crippen LogP contribution in [-0.2, 0) is 13.5 Å². The zero-order chi connectivity index (χ0) is 19.3. The summed E-state index contributed by atoms with van der Waals surface area (Å²) in [6.07, 6.45) is 6.09. The van der Waals surface area contributed by atoms with E-state index >= 15 is 0 Å². The highest BCUT2D eigenvalue weighted by Crippen LogP contribution is 2.35. The SMILES string of the molecule is Cn1nc2cc(N3CCc4cc(C(=O)N5CCCCC5)ccc43)ccn2c1=O. The number of carbonyl (C=O) groups excluding carboxylic acids is 1. The van der Waals surface area contributed by atoms with Crippen molar-refractivity contribution in [2.24, 2.45) is 7.05 Å². The van der Waals surface area contributed by atoms with Crippen molar-refractivity contribution < 1.29 is 4.79 Å². The van der Waals surface area contributed by atoms with Crippen LogP contribution in [0.15, 0.2) is 41.3 Å². The summed E-state index contributed by atoms with van der Waals surface area (Å²) in [6.45, 7) is 2.58. The number of likely N-dealkylation sites (tertiary alicyclic amines) is 1. The van der Waals surface area contributed by atoms with Crippen molar-refractivity contribution in [1.82, 2.24) is 19.1 Å². The summed E-state index contributed by atoms with van der Waals surface area (Å²) in [4.78, 5) is 29.0. The maximum Gasteiger partial charge on any atom is 0.350 e. The Bertz CT molecular complexity index is 1120. The molecule has 0 radical (unpaired) electrons. The van der Waals surface area contributed by atoms with Crippen LogP contribution >= 0.6 is 0 Å². The van der Waals surface area contributed by atoms with Crippen molar-refractivity contribution in [3.05, 3.63) is 58.1 Å². The Hall–Kier alpha value is -3.09. The number of amides is 1. The fourth-order valence-corrected chi connectivity index (χ4v) is 4.32. The molecule has 5 rings (SSSR count). The Balaban J connectivity index is 1.45. The first kappa shape index (κ1) is 17.0. The number of hydrogen-bond acceptors (Lipinski definition) is 4. The molecule has 0 bridgehead atoms. The van der Waals surface area contributed by atoms with Crippen molar-refractivity contribution in [3.8, 4) is 0 Å². The summed E-state index contributed by atoms with van der Waals surface area (Å²) in [6, 6.07) is 9.92. The van der Waals surface area contributed by atoms with E-state index in [0.29, 0.717) is 5.65 Å². The Morgan fingerprint density at radius 2 is 1.86 bits per heavy atom. The zero-order valence-corrected chi connectivity index (χ0v) is 16.0. The minimum atomic E-state index is -0.149. The fraction of sp³-hybridized carbons (Fsp3) is 0.381. The number of carbonyl (C=O) groups is 1. The third kappa shape index (κ3) is 2.69. The highest BCUT2D eigenvalue weighted by atomic mass is 16.2. The molecule has 2 aliphatic rings. The van der Waals surface area contributed by atoms with Crippen LogP contribution in [0.5, 0.6) is 0 Å². The van der Waals surface area contributed by atoms with Crippen molar-refractivity contribution >= 4 is 22.9 Å². The number of aryl methyl sites for hydroxylation is 1. The van der Waals surface area contributed by atoms with Gasteiger partial charge in [-0.3, -0.25) is 9.20 Å². The molecule has 7 heteroatoms. The van der Waals surface area contributed by atoms with Crippen LogP contribution in [0.4, 0.5) is 11.4 Å². The summed E-state index contributed by atoms with van der Waals surface area (Å²) >= 11 is 0. The molecule has 1 saturated heterocycles. The highest BCUT2D eigenvalue weighted by molar-refractivity contribution is 5.95. The van der Waals surface area contributed by atoms with E-state index in [0.717, 1.165) is 55.8 Å². The number of hydrogen-bond donors (Lipinski definition) is 0. The van der Waals surface area contributed by atoms with Gasteiger partial charge in [0.1, 0.15) is 0 Å². The Kier molecular flexibility index (Phi) is 3.96. The second-order valence-corrected chi connectivity index (χ2v) is 7.62. The van der Waals surface area contributed by atoms with Crippen LogP contribution in [0.25, 0.3) is 5.65 Å². The maximum absolute atomic E-state index is 12.8. The second kappa shape index (κ2) is 6.51. The standard InChI is InChI=1S/C21H23N5O2/c1-23-21(28)26-12-8-17(14-19(26)22-23)25-11-7-15-13-16(5-6-18(15)25)20(27)24-9-3-2-4-10-24/h5-6,8,12-14H,2-4,7,9-11H2,1H3. The largest absolute Gasteiger partial charge is 0.350 e. The van der Waals surface area contributed by atoms with Gasteiger partial charge in [-0.25, -0.2) is 9.48 Å². The molecule has 0 unspecified atom stereocenters. The molecule has 2 aromatic heterocycles. The van der Waals surface area contributed by atoms with Crippen LogP contribution < -0.4 is 10.6 Å².